The molecule has 1 fully saturated rings. The third kappa shape index (κ3) is 3.77. The van der Waals surface area contributed by atoms with E-state index in [-0.39, 0.29) is 17.9 Å². The van der Waals surface area contributed by atoms with Crippen LogP contribution < -0.4 is 4.74 Å². The van der Waals surface area contributed by atoms with Crippen LogP contribution in [0.25, 0.3) is 0 Å². The average Bonchev–Trinajstić information content (AvgIpc) is 2.52. The van der Waals surface area contributed by atoms with Gasteiger partial charge in [-0.1, -0.05) is 26.0 Å². The Bertz CT molecular complexity index is 557. The third-order valence-electron chi connectivity index (χ3n) is 3.89. The number of carbonyl (C=O) groups excluding carboxylic acids is 1. The van der Waals surface area contributed by atoms with Crippen molar-refractivity contribution in [2.75, 3.05) is 13.1 Å². The molecule has 22 heavy (non-hydrogen) atoms. The van der Waals surface area contributed by atoms with Gasteiger partial charge in [-0.05, 0) is 30.9 Å². The van der Waals surface area contributed by atoms with E-state index in [0.29, 0.717) is 37.2 Å². The quantitative estimate of drug-likeness (QED) is 0.922. The fourth-order valence-corrected chi connectivity index (χ4v) is 2.54. The number of ether oxygens (including phenoxy) is 1. The summed E-state index contributed by atoms with van der Waals surface area (Å²) in [7, 11) is 0. The number of piperidine rings is 1. The number of hydrogen-bond donors (Lipinski definition) is 1. The smallest absolute Gasteiger partial charge is 0.263 e. The maximum Gasteiger partial charge on any atom is 0.263 e. The molecule has 1 saturated heterocycles. The Hall–Kier alpha value is -2.06. The number of aliphatic hydroxyl groups is 1. The van der Waals surface area contributed by atoms with Crippen molar-refractivity contribution in [2.24, 2.45) is 5.92 Å². The van der Waals surface area contributed by atoms with Crippen LogP contribution in [0.15, 0.2) is 24.3 Å². The summed E-state index contributed by atoms with van der Waals surface area (Å²) in [6.45, 7) is 4.95. The summed E-state index contributed by atoms with van der Waals surface area (Å²) in [6, 6.07) is 9.02. The fraction of sp³-hybridized carbons (Fsp3) is 0.529. The van der Waals surface area contributed by atoms with Crippen LogP contribution in [0, 0.1) is 17.2 Å². The normalized spacial score (nSPS) is 17.1. The first-order valence-electron chi connectivity index (χ1n) is 7.65. The van der Waals surface area contributed by atoms with Gasteiger partial charge in [0, 0.05) is 13.1 Å². The average molecular weight is 302 g/mol. The topological polar surface area (TPSA) is 73.6 Å². The SMILES string of the molecule is CC(C)C(Oc1ccccc1C#N)C(=O)N1CCC(O)CC1. The maximum atomic E-state index is 12.7. The van der Waals surface area contributed by atoms with Crippen LogP contribution in [0.1, 0.15) is 32.3 Å². The third-order valence-corrected chi connectivity index (χ3v) is 3.89. The summed E-state index contributed by atoms with van der Waals surface area (Å²) in [4.78, 5) is 14.4. The molecule has 1 heterocycles. The van der Waals surface area contributed by atoms with Crippen molar-refractivity contribution in [3.8, 4) is 11.8 Å². The summed E-state index contributed by atoms with van der Waals surface area (Å²) in [5.74, 6) is 0.356. The predicted molar refractivity (Wildman–Crippen MR) is 82.2 cm³/mol. The minimum Gasteiger partial charge on any atom is -0.479 e. The molecule has 0 aliphatic carbocycles. The van der Waals surface area contributed by atoms with Crippen LogP contribution in [0.3, 0.4) is 0 Å². The molecule has 0 spiro atoms. The van der Waals surface area contributed by atoms with Crippen molar-refractivity contribution in [1.82, 2.24) is 4.90 Å². The Balaban J connectivity index is 2.13. The monoisotopic (exact) mass is 302 g/mol. The molecule has 0 radical (unpaired) electrons. The zero-order valence-electron chi connectivity index (χ0n) is 13.0. The van der Waals surface area contributed by atoms with Crippen LogP contribution >= 0.6 is 0 Å². The van der Waals surface area contributed by atoms with Crippen molar-refractivity contribution >= 4 is 5.91 Å². The molecule has 5 nitrogen and oxygen atoms in total. The predicted octanol–water partition coefficient (Wildman–Crippen LogP) is 1.94. The molecule has 0 bridgehead atoms. The van der Waals surface area contributed by atoms with E-state index in [1.807, 2.05) is 13.8 Å². The minimum atomic E-state index is -0.621. The van der Waals surface area contributed by atoms with E-state index in [9.17, 15) is 9.90 Å². The Morgan fingerprint density at radius 1 is 1.36 bits per heavy atom. The Morgan fingerprint density at radius 2 is 2.00 bits per heavy atom. The zero-order chi connectivity index (χ0) is 16.1. The van der Waals surface area contributed by atoms with Crippen LogP contribution in [0.2, 0.25) is 0 Å². The second-order valence-electron chi connectivity index (χ2n) is 5.95. The maximum absolute atomic E-state index is 12.7. The van der Waals surface area contributed by atoms with Gasteiger partial charge >= 0.3 is 0 Å². The number of benzene rings is 1. The lowest BCUT2D eigenvalue weighted by Gasteiger charge is -2.33. The van der Waals surface area contributed by atoms with Gasteiger partial charge < -0.3 is 14.7 Å². The summed E-state index contributed by atoms with van der Waals surface area (Å²) >= 11 is 0. The Labute approximate surface area is 131 Å². The molecule has 1 aliphatic rings. The first kappa shape index (κ1) is 16.3. The van der Waals surface area contributed by atoms with Gasteiger partial charge in [-0.3, -0.25) is 4.79 Å². The van der Waals surface area contributed by atoms with Gasteiger partial charge in [-0.25, -0.2) is 0 Å². The highest BCUT2D eigenvalue weighted by molar-refractivity contribution is 5.81. The Kier molecular flexibility index (Phi) is 5.40. The molecule has 118 valence electrons. The minimum absolute atomic E-state index is 0.00824. The van der Waals surface area contributed by atoms with Crippen LogP contribution in [-0.4, -0.2) is 41.2 Å². The van der Waals surface area contributed by atoms with Crippen LogP contribution in [0.5, 0.6) is 5.75 Å². The number of rotatable bonds is 4. The van der Waals surface area contributed by atoms with Gasteiger partial charge in [0.05, 0.1) is 11.7 Å². The second-order valence-corrected chi connectivity index (χ2v) is 5.95. The summed E-state index contributed by atoms with van der Waals surface area (Å²) in [5.41, 5.74) is 0.426. The standard InChI is InChI=1S/C17H22N2O3/c1-12(2)16(17(21)19-9-7-14(20)8-10-19)22-15-6-4-3-5-13(15)11-18/h3-6,12,14,16,20H,7-10H2,1-2H3. The van der Waals surface area contributed by atoms with Gasteiger partial charge in [0.1, 0.15) is 11.8 Å². The summed E-state index contributed by atoms with van der Waals surface area (Å²) in [5, 5.41) is 18.7. The van der Waals surface area contributed by atoms with Crippen molar-refractivity contribution < 1.29 is 14.6 Å². The molecular weight excluding hydrogens is 280 g/mol. The number of likely N-dealkylation sites (tertiary alicyclic amines) is 1. The van der Waals surface area contributed by atoms with Gasteiger partial charge in [0.25, 0.3) is 5.91 Å². The van der Waals surface area contributed by atoms with E-state index in [4.69, 9.17) is 10.00 Å². The lowest BCUT2D eigenvalue weighted by atomic mass is 10.0. The molecule has 0 saturated carbocycles. The molecule has 1 amide bonds. The number of aliphatic hydroxyl groups excluding tert-OH is 1. The van der Waals surface area contributed by atoms with Gasteiger partial charge in [0.15, 0.2) is 6.10 Å². The number of nitriles is 1. The van der Waals surface area contributed by atoms with Crippen molar-refractivity contribution in [3.05, 3.63) is 29.8 Å². The molecule has 1 aromatic rings. The number of carbonyl (C=O) groups is 1. The highest BCUT2D eigenvalue weighted by atomic mass is 16.5. The van der Waals surface area contributed by atoms with Gasteiger partial charge in [0.2, 0.25) is 0 Å². The molecule has 1 N–H and O–H groups in total. The van der Waals surface area contributed by atoms with E-state index in [1.165, 1.54) is 0 Å². The van der Waals surface area contributed by atoms with Crippen LogP contribution in [-0.2, 0) is 4.79 Å². The largest absolute Gasteiger partial charge is 0.479 e. The lowest BCUT2D eigenvalue weighted by molar-refractivity contribution is -0.142. The highest BCUT2D eigenvalue weighted by Crippen LogP contribution is 2.23. The lowest BCUT2D eigenvalue weighted by Crippen LogP contribution is -2.48. The van der Waals surface area contributed by atoms with Crippen molar-refractivity contribution in [3.63, 3.8) is 0 Å². The number of nitrogens with zero attached hydrogens (tertiary/aromatic N) is 2. The van der Waals surface area contributed by atoms with Crippen molar-refractivity contribution in [2.45, 2.75) is 38.9 Å². The molecule has 5 heteroatoms. The molecular formula is C17H22N2O3. The van der Waals surface area contributed by atoms with Gasteiger partial charge in [-0.2, -0.15) is 5.26 Å². The van der Waals surface area contributed by atoms with Crippen LogP contribution in [0.4, 0.5) is 0 Å². The number of para-hydroxylation sites is 1. The molecule has 2 rings (SSSR count). The fourth-order valence-electron chi connectivity index (χ4n) is 2.54. The number of hydrogen-bond acceptors (Lipinski definition) is 4. The highest BCUT2D eigenvalue weighted by Gasteiger charge is 2.31. The van der Waals surface area contributed by atoms with E-state index in [0.717, 1.165) is 0 Å². The number of amides is 1. The van der Waals surface area contributed by atoms with E-state index < -0.39 is 6.10 Å². The van der Waals surface area contributed by atoms with Crippen molar-refractivity contribution in [1.29, 1.82) is 5.26 Å². The molecule has 1 aliphatic heterocycles. The van der Waals surface area contributed by atoms with E-state index >= 15 is 0 Å². The summed E-state index contributed by atoms with van der Waals surface area (Å²) in [6.07, 6.45) is 0.267. The zero-order valence-corrected chi connectivity index (χ0v) is 13.0. The second kappa shape index (κ2) is 7.28. The molecule has 1 aromatic carbocycles. The molecule has 1 atom stereocenters. The molecule has 1 unspecified atom stereocenters. The van der Waals surface area contributed by atoms with E-state index in [2.05, 4.69) is 6.07 Å². The summed E-state index contributed by atoms with van der Waals surface area (Å²) < 4.78 is 5.86. The first-order chi connectivity index (χ1) is 10.5. The Morgan fingerprint density at radius 3 is 2.59 bits per heavy atom. The molecule has 0 aromatic heterocycles. The first-order valence-corrected chi connectivity index (χ1v) is 7.65. The van der Waals surface area contributed by atoms with E-state index in [1.54, 1.807) is 29.2 Å². The van der Waals surface area contributed by atoms with Gasteiger partial charge in [-0.15, -0.1) is 0 Å².